The van der Waals surface area contributed by atoms with Gasteiger partial charge >= 0.3 is 17.9 Å². The Morgan fingerprint density at radius 2 is 1.56 bits per heavy atom. The molecule has 1 atom stereocenters. The molecule has 0 saturated carbocycles. The SMILES string of the molecule is CCCCOC(=O)CC(CNCCNCCNCCC(=O)O)C(=O)O. The molecule has 0 spiro atoms. The predicted molar refractivity (Wildman–Crippen MR) is 92.5 cm³/mol. The highest BCUT2D eigenvalue weighted by molar-refractivity contribution is 5.78. The average Bonchev–Trinajstić information content (AvgIpc) is 2.55. The molecule has 0 saturated heterocycles. The summed E-state index contributed by atoms with van der Waals surface area (Å²) in [6, 6.07) is 0. The first-order chi connectivity index (χ1) is 12.0. The van der Waals surface area contributed by atoms with Crippen LogP contribution in [-0.4, -0.2) is 74.0 Å². The molecule has 0 radical (unpaired) electrons. The first-order valence-corrected chi connectivity index (χ1v) is 8.69. The van der Waals surface area contributed by atoms with Gasteiger partial charge in [-0.2, -0.15) is 0 Å². The monoisotopic (exact) mass is 361 g/mol. The van der Waals surface area contributed by atoms with Gasteiger partial charge in [0.15, 0.2) is 0 Å². The first kappa shape index (κ1) is 23.3. The van der Waals surface area contributed by atoms with Gasteiger partial charge in [-0.1, -0.05) is 13.3 Å². The van der Waals surface area contributed by atoms with Crippen LogP contribution in [0.1, 0.15) is 32.6 Å². The van der Waals surface area contributed by atoms with Crippen LogP contribution in [0, 0.1) is 5.92 Å². The predicted octanol–water partition coefficient (Wildman–Crippen LogP) is -0.336. The fourth-order valence-corrected chi connectivity index (χ4v) is 1.91. The van der Waals surface area contributed by atoms with E-state index in [0.29, 0.717) is 39.3 Å². The van der Waals surface area contributed by atoms with Crippen LogP contribution >= 0.6 is 0 Å². The van der Waals surface area contributed by atoms with Crippen LogP contribution in [0.4, 0.5) is 0 Å². The van der Waals surface area contributed by atoms with Gasteiger partial charge in [0.25, 0.3) is 0 Å². The van der Waals surface area contributed by atoms with Gasteiger partial charge in [-0.3, -0.25) is 14.4 Å². The number of carbonyl (C=O) groups excluding carboxylic acids is 1. The van der Waals surface area contributed by atoms with Gasteiger partial charge in [0, 0.05) is 39.3 Å². The van der Waals surface area contributed by atoms with Crippen LogP contribution in [0.3, 0.4) is 0 Å². The lowest BCUT2D eigenvalue weighted by Gasteiger charge is -2.13. The number of hydrogen-bond donors (Lipinski definition) is 5. The Balaban J connectivity index is 3.65. The lowest BCUT2D eigenvalue weighted by molar-refractivity contribution is -0.151. The standard InChI is InChI=1S/C16H31N3O6/c1-2-3-10-25-15(22)11-13(16(23)24)12-19-9-8-18-7-6-17-5-4-14(20)21/h13,17-19H,2-12H2,1H3,(H,20,21)(H,23,24). The Labute approximate surface area is 148 Å². The van der Waals surface area contributed by atoms with Crippen molar-refractivity contribution in [3.63, 3.8) is 0 Å². The molecule has 25 heavy (non-hydrogen) atoms. The topological polar surface area (TPSA) is 137 Å². The van der Waals surface area contributed by atoms with E-state index in [2.05, 4.69) is 16.0 Å². The van der Waals surface area contributed by atoms with Crippen molar-refractivity contribution >= 4 is 17.9 Å². The molecule has 146 valence electrons. The minimum atomic E-state index is -1.02. The molecule has 0 aromatic carbocycles. The fourth-order valence-electron chi connectivity index (χ4n) is 1.91. The zero-order chi connectivity index (χ0) is 18.9. The second-order valence-electron chi connectivity index (χ2n) is 5.66. The highest BCUT2D eigenvalue weighted by atomic mass is 16.5. The third-order valence-electron chi connectivity index (χ3n) is 3.39. The van der Waals surface area contributed by atoms with E-state index in [1.165, 1.54) is 0 Å². The van der Waals surface area contributed by atoms with Crippen molar-refractivity contribution in [1.29, 1.82) is 0 Å². The molecule has 0 bridgehead atoms. The van der Waals surface area contributed by atoms with E-state index >= 15 is 0 Å². The molecule has 0 aliphatic heterocycles. The zero-order valence-electron chi connectivity index (χ0n) is 14.9. The molecule has 9 heteroatoms. The van der Waals surface area contributed by atoms with Gasteiger partial charge in [-0.25, -0.2) is 0 Å². The van der Waals surface area contributed by atoms with Gasteiger partial charge in [-0.15, -0.1) is 0 Å². The summed E-state index contributed by atoms with van der Waals surface area (Å²) < 4.78 is 4.98. The number of ether oxygens (including phenoxy) is 1. The smallest absolute Gasteiger partial charge is 0.308 e. The molecule has 0 aromatic heterocycles. The number of carboxylic acids is 2. The van der Waals surface area contributed by atoms with Crippen LogP contribution in [0.5, 0.6) is 0 Å². The van der Waals surface area contributed by atoms with E-state index in [1.54, 1.807) is 0 Å². The van der Waals surface area contributed by atoms with Crippen LogP contribution in [-0.2, 0) is 19.1 Å². The normalized spacial score (nSPS) is 11.9. The maximum Gasteiger partial charge on any atom is 0.308 e. The Hall–Kier alpha value is -1.71. The quantitative estimate of drug-likeness (QED) is 0.174. The van der Waals surface area contributed by atoms with E-state index in [0.717, 1.165) is 12.8 Å². The molecule has 1 unspecified atom stereocenters. The van der Waals surface area contributed by atoms with Crippen molar-refractivity contribution in [1.82, 2.24) is 16.0 Å². The van der Waals surface area contributed by atoms with Gasteiger partial charge < -0.3 is 30.9 Å². The summed E-state index contributed by atoms with van der Waals surface area (Å²) in [7, 11) is 0. The Bertz CT molecular complexity index is 392. The number of hydrogen-bond acceptors (Lipinski definition) is 7. The van der Waals surface area contributed by atoms with Crippen LogP contribution in [0.15, 0.2) is 0 Å². The minimum absolute atomic E-state index is 0.0962. The van der Waals surface area contributed by atoms with Crippen molar-refractivity contribution in [3.05, 3.63) is 0 Å². The largest absolute Gasteiger partial charge is 0.481 e. The number of rotatable bonds is 17. The first-order valence-electron chi connectivity index (χ1n) is 8.69. The third kappa shape index (κ3) is 15.6. The summed E-state index contributed by atoms with van der Waals surface area (Å²) in [6.07, 6.45) is 1.66. The molecular weight excluding hydrogens is 330 g/mol. The maximum absolute atomic E-state index is 11.6. The molecule has 0 amide bonds. The minimum Gasteiger partial charge on any atom is -0.481 e. The number of esters is 1. The molecule has 0 rings (SSSR count). The average molecular weight is 361 g/mol. The Morgan fingerprint density at radius 3 is 2.12 bits per heavy atom. The second-order valence-corrected chi connectivity index (χ2v) is 5.66. The highest BCUT2D eigenvalue weighted by Crippen LogP contribution is 2.04. The summed E-state index contributed by atoms with van der Waals surface area (Å²) in [5.74, 6) is -3.12. The second kappa shape index (κ2) is 15.8. The van der Waals surface area contributed by atoms with E-state index in [4.69, 9.17) is 14.9 Å². The molecule has 0 aliphatic carbocycles. The number of nitrogens with one attached hydrogen (secondary N) is 3. The van der Waals surface area contributed by atoms with Crippen LogP contribution < -0.4 is 16.0 Å². The van der Waals surface area contributed by atoms with Gasteiger partial charge in [0.1, 0.15) is 0 Å². The third-order valence-corrected chi connectivity index (χ3v) is 3.39. The summed E-state index contributed by atoms with van der Waals surface area (Å²) in [5, 5.41) is 26.8. The highest BCUT2D eigenvalue weighted by Gasteiger charge is 2.21. The van der Waals surface area contributed by atoms with Gasteiger partial charge in [0.05, 0.1) is 25.4 Å². The molecule has 5 N–H and O–H groups in total. The number of aliphatic carboxylic acids is 2. The summed E-state index contributed by atoms with van der Waals surface area (Å²) in [5.41, 5.74) is 0. The maximum atomic E-state index is 11.6. The van der Waals surface area contributed by atoms with Crippen molar-refractivity contribution in [2.75, 3.05) is 45.9 Å². The molecule has 0 aromatic rings. The van der Waals surface area contributed by atoms with Crippen molar-refractivity contribution < 1.29 is 29.3 Å². The van der Waals surface area contributed by atoms with E-state index in [-0.39, 0.29) is 19.4 Å². The fraction of sp³-hybridized carbons (Fsp3) is 0.812. The summed E-state index contributed by atoms with van der Waals surface area (Å²) in [4.78, 5) is 33.0. The van der Waals surface area contributed by atoms with Crippen LogP contribution in [0.2, 0.25) is 0 Å². The van der Waals surface area contributed by atoms with E-state index < -0.39 is 23.8 Å². The lowest BCUT2D eigenvalue weighted by atomic mass is 10.1. The summed E-state index contributed by atoms with van der Waals surface area (Å²) >= 11 is 0. The number of carbonyl (C=O) groups is 3. The van der Waals surface area contributed by atoms with Crippen molar-refractivity contribution in [3.8, 4) is 0 Å². The van der Waals surface area contributed by atoms with Gasteiger partial charge in [0.2, 0.25) is 0 Å². The Morgan fingerprint density at radius 1 is 0.960 bits per heavy atom. The molecule has 0 fully saturated rings. The molecular formula is C16H31N3O6. The molecule has 0 aliphatic rings. The zero-order valence-corrected chi connectivity index (χ0v) is 14.9. The Kier molecular flexibility index (Phi) is 14.7. The van der Waals surface area contributed by atoms with Crippen molar-refractivity contribution in [2.24, 2.45) is 5.92 Å². The van der Waals surface area contributed by atoms with Crippen LogP contribution in [0.25, 0.3) is 0 Å². The molecule has 0 heterocycles. The lowest BCUT2D eigenvalue weighted by Crippen LogP contribution is -2.36. The van der Waals surface area contributed by atoms with Crippen molar-refractivity contribution in [2.45, 2.75) is 32.6 Å². The number of carboxylic acid groups (broad SMARTS) is 2. The number of unbranched alkanes of at least 4 members (excludes halogenated alkanes) is 1. The molecule has 9 nitrogen and oxygen atoms in total. The van der Waals surface area contributed by atoms with E-state index in [1.807, 2.05) is 6.92 Å². The van der Waals surface area contributed by atoms with Gasteiger partial charge in [-0.05, 0) is 6.42 Å². The summed E-state index contributed by atoms with van der Waals surface area (Å²) in [6.45, 7) is 5.53. The van der Waals surface area contributed by atoms with E-state index in [9.17, 15) is 14.4 Å².